The molecular formula is C23H22ClF3N2O2. The van der Waals surface area contributed by atoms with E-state index in [9.17, 15) is 13.2 Å². The van der Waals surface area contributed by atoms with Crippen molar-refractivity contribution in [3.8, 4) is 5.75 Å². The smallest absolute Gasteiger partial charge is 0.431 e. The van der Waals surface area contributed by atoms with E-state index in [-0.39, 0.29) is 24.6 Å². The normalized spacial score (nSPS) is 18.9. The molecule has 0 radical (unpaired) electrons. The molecule has 2 aliphatic heterocycles. The first kappa shape index (κ1) is 21.7. The number of alkyl halides is 3. The summed E-state index contributed by atoms with van der Waals surface area (Å²) in [5.74, 6) is 0.933. The van der Waals surface area contributed by atoms with Crippen LogP contribution >= 0.6 is 11.6 Å². The summed E-state index contributed by atoms with van der Waals surface area (Å²) in [5.41, 5.74) is 2.13. The maximum absolute atomic E-state index is 14.1. The number of ether oxygens (including phenoxy) is 2. The average molecular weight is 451 g/mol. The van der Waals surface area contributed by atoms with Crippen LogP contribution in [0.2, 0.25) is 5.02 Å². The van der Waals surface area contributed by atoms with Gasteiger partial charge in [-0.15, -0.1) is 0 Å². The Kier molecular flexibility index (Phi) is 5.75. The van der Waals surface area contributed by atoms with Gasteiger partial charge in [0, 0.05) is 10.6 Å². The zero-order valence-electron chi connectivity index (χ0n) is 17.4. The van der Waals surface area contributed by atoms with Crippen molar-refractivity contribution in [2.75, 3.05) is 25.2 Å². The molecule has 2 heterocycles. The predicted molar refractivity (Wildman–Crippen MR) is 115 cm³/mol. The Bertz CT molecular complexity index is 1080. The molecule has 4 rings (SSSR count). The number of allylic oxidation sites excluding steroid dienone is 1. The molecule has 0 unspecified atom stereocenters. The number of anilines is 1. The third-order valence-electron chi connectivity index (χ3n) is 5.57. The van der Waals surface area contributed by atoms with Crippen molar-refractivity contribution < 1.29 is 22.6 Å². The highest BCUT2D eigenvalue weighted by Gasteiger charge is 2.45. The Hall–Kier alpha value is -2.51. The largest absolute Gasteiger partial charge is 0.496 e. The lowest BCUT2D eigenvalue weighted by Gasteiger charge is -2.33. The lowest BCUT2D eigenvalue weighted by atomic mass is 9.93. The summed E-state index contributed by atoms with van der Waals surface area (Å²) in [6.45, 7) is 3.37. The first-order chi connectivity index (χ1) is 14.8. The number of benzene rings is 2. The molecule has 0 amide bonds. The van der Waals surface area contributed by atoms with Crippen LogP contribution in [0.25, 0.3) is 0 Å². The monoisotopic (exact) mass is 450 g/mol. The van der Waals surface area contributed by atoms with Gasteiger partial charge in [0.25, 0.3) is 0 Å². The zero-order chi connectivity index (χ0) is 22.3. The second kappa shape index (κ2) is 8.20. The Morgan fingerprint density at radius 1 is 1.23 bits per heavy atom. The molecule has 164 valence electrons. The molecule has 0 saturated carbocycles. The van der Waals surface area contributed by atoms with Gasteiger partial charge in [0.1, 0.15) is 30.0 Å². The van der Waals surface area contributed by atoms with Crippen LogP contribution in [0.1, 0.15) is 36.6 Å². The fraction of sp³-hybridized carbons (Fsp3) is 0.348. The molecule has 4 nitrogen and oxygen atoms in total. The molecule has 1 atom stereocenters. The van der Waals surface area contributed by atoms with Gasteiger partial charge < -0.3 is 9.47 Å². The maximum atomic E-state index is 14.1. The minimum Gasteiger partial charge on any atom is -0.496 e. The summed E-state index contributed by atoms with van der Waals surface area (Å²) in [6, 6.07) is 10.5. The maximum Gasteiger partial charge on any atom is 0.431 e. The number of hydrogen-bond donors (Lipinski definition) is 0. The minimum atomic E-state index is -4.54. The number of hydrogen-bond acceptors (Lipinski definition) is 4. The lowest BCUT2D eigenvalue weighted by Crippen LogP contribution is -2.42. The number of nitrogens with zero attached hydrogens (tertiary/aromatic N) is 2. The minimum absolute atomic E-state index is 0.0169. The molecule has 2 aliphatic rings. The van der Waals surface area contributed by atoms with Crippen molar-refractivity contribution in [3.05, 3.63) is 69.4 Å². The summed E-state index contributed by atoms with van der Waals surface area (Å²) in [6.07, 6.45) is -4.49. The van der Waals surface area contributed by atoms with E-state index in [0.717, 1.165) is 11.1 Å². The lowest BCUT2D eigenvalue weighted by molar-refractivity contribution is -0.0932. The van der Waals surface area contributed by atoms with E-state index in [4.69, 9.17) is 21.1 Å². The Labute approximate surface area is 183 Å². The van der Waals surface area contributed by atoms with E-state index in [1.54, 1.807) is 25.3 Å². The van der Waals surface area contributed by atoms with Gasteiger partial charge in [-0.3, -0.25) is 9.89 Å². The summed E-state index contributed by atoms with van der Waals surface area (Å²) >= 11 is 6.28. The predicted octanol–water partition coefficient (Wildman–Crippen LogP) is 6.09. The van der Waals surface area contributed by atoms with E-state index in [1.807, 2.05) is 25.1 Å². The Balaban J connectivity index is 1.96. The van der Waals surface area contributed by atoms with Crippen molar-refractivity contribution in [2.24, 2.45) is 4.99 Å². The molecule has 0 bridgehead atoms. The van der Waals surface area contributed by atoms with Crippen molar-refractivity contribution >= 4 is 23.1 Å². The van der Waals surface area contributed by atoms with Crippen LogP contribution in [0.15, 0.2) is 52.7 Å². The molecule has 0 saturated heterocycles. The Morgan fingerprint density at radius 3 is 2.68 bits per heavy atom. The molecule has 2 aromatic carbocycles. The van der Waals surface area contributed by atoms with Gasteiger partial charge in [-0.05, 0) is 54.3 Å². The quantitative estimate of drug-likeness (QED) is 0.567. The Morgan fingerprint density at radius 2 is 2.00 bits per heavy atom. The molecule has 0 spiro atoms. The highest BCUT2D eigenvalue weighted by Crippen LogP contribution is 2.45. The topological polar surface area (TPSA) is 34.1 Å². The van der Waals surface area contributed by atoms with Gasteiger partial charge >= 0.3 is 6.18 Å². The fourth-order valence-corrected chi connectivity index (χ4v) is 4.44. The van der Waals surface area contributed by atoms with Gasteiger partial charge in [0.05, 0.1) is 19.3 Å². The van der Waals surface area contributed by atoms with E-state index in [1.165, 1.54) is 11.8 Å². The highest BCUT2D eigenvalue weighted by atomic mass is 35.5. The van der Waals surface area contributed by atoms with E-state index < -0.39 is 18.0 Å². The number of amidine groups is 1. The van der Waals surface area contributed by atoms with Crippen LogP contribution in [0, 0.1) is 0 Å². The fourth-order valence-electron chi connectivity index (χ4n) is 4.26. The standard InChI is InChI=1S/C23H22ClF3N2O2/c1-4-15-16(6-5-7-19(15)30-3)21-17-10-14(24)8-9-18(17)29-20(12-31-21)28-11-13(2)22(29)23(25,26)27/h5-10,21H,4,11-12H2,1-3H3/t21-/m1/s1. The van der Waals surface area contributed by atoms with Crippen LogP contribution in [0.5, 0.6) is 5.75 Å². The average Bonchev–Trinajstić information content (AvgIpc) is 2.88. The van der Waals surface area contributed by atoms with Crippen molar-refractivity contribution in [1.29, 1.82) is 0 Å². The summed E-state index contributed by atoms with van der Waals surface area (Å²) < 4.78 is 53.9. The number of methoxy groups -OCH3 is 1. The molecule has 0 N–H and O–H groups in total. The zero-order valence-corrected chi connectivity index (χ0v) is 18.1. The summed E-state index contributed by atoms with van der Waals surface area (Å²) in [5, 5.41) is 0.417. The van der Waals surface area contributed by atoms with Gasteiger partial charge in [-0.1, -0.05) is 30.7 Å². The van der Waals surface area contributed by atoms with E-state index >= 15 is 0 Å². The van der Waals surface area contributed by atoms with Gasteiger partial charge in [0.2, 0.25) is 0 Å². The summed E-state index contributed by atoms with van der Waals surface area (Å²) in [4.78, 5) is 5.56. The second-order valence-corrected chi connectivity index (χ2v) is 7.91. The number of rotatable bonds is 3. The van der Waals surface area contributed by atoms with Crippen molar-refractivity contribution in [3.63, 3.8) is 0 Å². The van der Waals surface area contributed by atoms with Gasteiger partial charge in [-0.25, -0.2) is 0 Å². The highest BCUT2D eigenvalue weighted by molar-refractivity contribution is 6.30. The van der Waals surface area contributed by atoms with Crippen LogP contribution in [0.3, 0.4) is 0 Å². The first-order valence-electron chi connectivity index (χ1n) is 9.93. The van der Waals surface area contributed by atoms with E-state index in [0.29, 0.717) is 28.4 Å². The molecule has 31 heavy (non-hydrogen) atoms. The molecule has 0 aliphatic carbocycles. The van der Waals surface area contributed by atoms with Crippen LogP contribution in [-0.4, -0.2) is 32.3 Å². The number of fused-ring (bicyclic) bond motifs is 3. The van der Waals surface area contributed by atoms with Gasteiger partial charge in [0.15, 0.2) is 0 Å². The molecule has 0 aromatic heterocycles. The summed E-state index contributed by atoms with van der Waals surface area (Å²) in [7, 11) is 1.59. The third kappa shape index (κ3) is 3.81. The number of halogens is 4. The van der Waals surface area contributed by atoms with E-state index in [2.05, 4.69) is 4.99 Å². The third-order valence-corrected chi connectivity index (χ3v) is 5.81. The van der Waals surface area contributed by atoms with Crippen molar-refractivity contribution in [1.82, 2.24) is 0 Å². The van der Waals surface area contributed by atoms with Crippen LogP contribution < -0.4 is 9.64 Å². The molecular weight excluding hydrogens is 429 g/mol. The first-order valence-corrected chi connectivity index (χ1v) is 10.3. The second-order valence-electron chi connectivity index (χ2n) is 7.47. The molecule has 0 fully saturated rings. The molecule has 2 aromatic rings. The number of aliphatic imine (C=N–C) groups is 1. The van der Waals surface area contributed by atoms with Crippen molar-refractivity contribution in [2.45, 2.75) is 32.5 Å². The SMILES string of the molecule is CCc1c(OC)cccc1[C@H]1OCC2=NCC(C)=C(C(F)(F)F)N2c2ccc(Cl)cc21. The van der Waals surface area contributed by atoms with Crippen LogP contribution in [-0.2, 0) is 11.2 Å². The van der Waals surface area contributed by atoms with Crippen LogP contribution in [0.4, 0.5) is 18.9 Å². The van der Waals surface area contributed by atoms with Gasteiger partial charge in [-0.2, -0.15) is 13.2 Å². The molecule has 8 heteroatoms.